The van der Waals surface area contributed by atoms with E-state index in [-0.39, 0.29) is 72.9 Å². The summed E-state index contributed by atoms with van der Waals surface area (Å²) in [4.78, 5) is 62.8. The van der Waals surface area contributed by atoms with Gasteiger partial charge in [0.15, 0.2) is 0 Å². The molecule has 2 N–H and O–H groups in total. The smallest absolute Gasteiger partial charge is 0.305 e. The summed E-state index contributed by atoms with van der Waals surface area (Å²) in [6, 6.07) is 5.44. The van der Waals surface area contributed by atoms with Gasteiger partial charge in [-0.2, -0.15) is 4.31 Å². The number of esters is 1. The molecule has 1 unspecified atom stereocenters. The van der Waals surface area contributed by atoms with Crippen LogP contribution in [0.1, 0.15) is 58.1 Å². The highest BCUT2D eigenvalue weighted by Crippen LogP contribution is 2.33. The summed E-state index contributed by atoms with van der Waals surface area (Å²) in [5.74, 6) is -0.0702. The molecule has 2 aromatic rings. The molecule has 49 heavy (non-hydrogen) atoms. The molecule has 19 nitrogen and oxygen atoms in total. The zero-order valence-electron chi connectivity index (χ0n) is 27.5. The van der Waals surface area contributed by atoms with E-state index in [0.717, 1.165) is 0 Å². The number of rotatable bonds is 22. The number of carbonyl (C=O) groups excluding carboxylic acids is 1. The molecule has 1 aromatic carbocycles. The molecule has 1 aliphatic heterocycles. The van der Waals surface area contributed by atoms with Crippen LogP contribution in [0.2, 0.25) is 0 Å². The van der Waals surface area contributed by atoms with Gasteiger partial charge in [0.1, 0.15) is 30.9 Å². The van der Waals surface area contributed by atoms with Gasteiger partial charge >= 0.3 is 5.97 Å². The van der Waals surface area contributed by atoms with E-state index in [0.29, 0.717) is 38.0 Å². The normalized spacial score (nSPS) is 14.1. The average molecular weight is 712 g/mol. The number of aromatic nitrogens is 2. The van der Waals surface area contributed by atoms with E-state index in [2.05, 4.69) is 19.6 Å². The van der Waals surface area contributed by atoms with Gasteiger partial charge in [-0.15, -0.1) is 20.2 Å². The van der Waals surface area contributed by atoms with Crippen LogP contribution in [-0.4, -0.2) is 108 Å². The molecule has 1 fully saturated rings. The largest absolute Gasteiger partial charge is 0.493 e. The number of nitrogens with zero attached hydrogens (tertiary/aromatic N) is 5. The van der Waals surface area contributed by atoms with Crippen LogP contribution in [0.5, 0.6) is 5.75 Å². The van der Waals surface area contributed by atoms with Crippen molar-refractivity contribution in [2.24, 2.45) is 0 Å². The molecule has 1 atom stereocenters. The predicted octanol–water partition coefficient (Wildman–Crippen LogP) is 2.20. The Kier molecular flexibility index (Phi) is 14.4. The van der Waals surface area contributed by atoms with Crippen molar-refractivity contribution in [3.05, 3.63) is 60.5 Å². The molecule has 2 heterocycles. The number of aromatic amines is 1. The van der Waals surface area contributed by atoms with E-state index in [1.807, 2.05) is 11.8 Å². The molecular weight excluding hydrogens is 670 g/mol. The maximum Gasteiger partial charge on any atom is 0.305 e. The number of nitrogens with one attached hydrogen (secondary N) is 2. The van der Waals surface area contributed by atoms with Crippen LogP contribution in [0.4, 0.5) is 0 Å². The van der Waals surface area contributed by atoms with Crippen LogP contribution in [0.25, 0.3) is 11.4 Å². The van der Waals surface area contributed by atoms with E-state index < -0.39 is 44.4 Å². The zero-order valence-corrected chi connectivity index (χ0v) is 28.3. The Labute approximate surface area is 282 Å². The summed E-state index contributed by atoms with van der Waals surface area (Å²) in [5.41, 5.74) is 0.188. The van der Waals surface area contributed by atoms with Crippen molar-refractivity contribution < 1.29 is 42.5 Å². The summed E-state index contributed by atoms with van der Waals surface area (Å²) in [6.45, 7) is 4.16. The molecule has 0 amide bonds. The van der Waals surface area contributed by atoms with Gasteiger partial charge in [0.05, 0.1) is 28.5 Å². The fourth-order valence-corrected chi connectivity index (χ4v) is 6.47. The van der Waals surface area contributed by atoms with Crippen molar-refractivity contribution in [2.75, 3.05) is 46.5 Å². The third-order valence-electron chi connectivity index (χ3n) is 7.61. The molecule has 1 saturated heterocycles. The Balaban J connectivity index is 1.52. The summed E-state index contributed by atoms with van der Waals surface area (Å²) >= 11 is 0. The molecule has 3 rings (SSSR count). The first-order valence-electron chi connectivity index (χ1n) is 15.7. The van der Waals surface area contributed by atoms with Gasteiger partial charge in [0, 0.05) is 38.2 Å². The highest BCUT2D eigenvalue weighted by molar-refractivity contribution is 7.89. The molecule has 1 aromatic heterocycles. The summed E-state index contributed by atoms with van der Waals surface area (Å²) < 4.78 is 39.4. The molecule has 270 valence electrons. The van der Waals surface area contributed by atoms with E-state index in [1.165, 1.54) is 28.6 Å². The summed E-state index contributed by atoms with van der Waals surface area (Å²) in [5, 5.41) is 27.0. The third-order valence-corrected chi connectivity index (χ3v) is 9.44. The maximum absolute atomic E-state index is 13.5. The Morgan fingerprint density at radius 3 is 2.55 bits per heavy atom. The first-order chi connectivity index (χ1) is 23.2. The Morgan fingerprint density at radius 2 is 1.90 bits per heavy atom. The topological polar surface area (TPSA) is 250 Å². The lowest BCUT2D eigenvalue weighted by Gasteiger charge is -2.42. The molecular formula is C29H41N7O12S. The molecule has 0 radical (unpaired) electrons. The number of hydrogen-bond acceptors (Lipinski definition) is 15. The highest BCUT2D eigenvalue weighted by Gasteiger charge is 2.39. The number of H-pyrrole nitrogens is 1. The number of carbonyl (C=O) groups is 1. The Bertz CT molecular complexity index is 1650. The first-order valence-corrected chi connectivity index (χ1v) is 17.1. The second-order valence-electron chi connectivity index (χ2n) is 11.2. The minimum Gasteiger partial charge on any atom is -0.493 e. The lowest BCUT2D eigenvalue weighted by Crippen LogP contribution is -2.60. The van der Waals surface area contributed by atoms with Gasteiger partial charge in [-0.3, -0.25) is 14.5 Å². The molecule has 0 saturated carbocycles. The summed E-state index contributed by atoms with van der Waals surface area (Å²) in [7, 11) is -2.14. The van der Waals surface area contributed by atoms with Crippen LogP contribution in [0.15, 0.2) is 34.0 Å². The monoisotopic (exact) mass is 711 g/mol. The lowest BCUT2D eigenvalue weighted by molar-refractivity contribution is -0.790. The van der Waals surface area contributed by atoms with E-state index in [9.17, 15) is 38.2 Å². The van der Waals surface area contributed by atoms with Crippen LogP contribution >= 0.6 is 0 Å². The lowest BCUT2D eigenvalue weighted by atomic mass is 10.1. The maximum atomic E-state index is 13.5. The summed E-state index contributed by atoms with van der Waals surface area (Å²) in [6.07, 6.45) is 0.695. The molecule has 20 heteroatoms. The molecule has 0 spiro atoms. The van der Waals surface area contributed by atoms with E-state index in [1.54, 1.807) is 14.0 Å². The van der Waals surface area contributed by atoms with Gasteiger partial charge in [-0.05, 0) is 51.4 Å². The standard InChI is InChI=1S/C29H41N7O12S/c1-4-8-24(30)25-16-27(37)32-29(31-25)23-15-22(11-12-26(23)45-5-2)49(43,44)34-17-20(18-34)33(3)13-14-46-28(38)10-7-6-9-21(48-36(41)42)19-47-35(39)40/h11-12,15-16,20-21,30H,4-10,13-14,17-19H2,1-3H3,(H,31,32,37). The van der Waals surface area contributed by atoms with Gasteiger partial charge in [0.2, 0.25) is 10.0 Å². The van der Waals surface area contributed by atoms with E-state index in [4.69, 9.17) is 14.9 Å². The number of likely N-dealkylation sites (N-methyl/N-ethyl adjacent to an activating group) is 1. The minimum absolute atomic E-state index is 0.0146. The second kappa shape index (κ2) is 18.2. The number of unbranched alkanes of at least 4 members (excludes halogenated alkanes) is 1. The van der Waals surface area contributed by atoms with Gasteiger partial charge in [0.25, 0.3) is 15.7 Å². The predicted molar refractivity (Wildman–Crippen MR) is 173 cm³/mol. The van der Waals surface area contributed by atoms with Crippen molar-refractivity contribution in [1.29, 1.82) is 5.41 Å². The minimum atomic E-state index is -3.93. The van der Waals surface area contributed by atoms with Crippen molar-refractivity contribution in [3.63, 3.8) is 0 Å². The number of ether oxygens (including phenoxy) is 2. The van der Waals surface area contributed by atoms with E-state index >= 15 is 0 Å². The molecule has 0 bridgehead atoms. The van der Waals surface area contributed by atoms with Gasteiger partial charge < -0.3 is 29.5 Å². The number of sulfonamides is 1. The fourth-order valence-electron chi connectivity index (χ4n) is 4.93. The van der Waals surface area contributed by atoms with Crippen LogP contribution in [0.3, 0.4) is 0 Å². The van der Waals surface area contributed by atoms with Crippen LogP contribution in [-0.2, 0) is 29.2 Å². The Hall–Kier alpha value is -4.69. The fraction of sp³-hybridized carbons (Fsp3) is 0.586. The number of hydrogen-bond donors (Lipinski definition) is 2. The van der Waals surface area contributed by atoms with Crippen LogP contribution in [0, 0.1) is 25.6 Å². The Morgan fingerprint density at radius 1 is 1.16 bits per heavy atom. The van der Waals surface area contributed by atoms with Crippen LogP contribution < -0.4 is 10.3 Å². The highest BCUT2D eigenvalue weighted by atomic mass is 32.2. The zero-order chi connectivity index (χ0) is 36.1. The SMILES string of the molecule is CCCC(=N)c1cc(=O)[nH]c(-c2cc(S(=O)(=O)N3CC(N(C)CCOC(=O)CCCCC(CO[N+](=O)[O-])O[N+](=O)[O-])C3)ccc2OCC)n1. The van der Waals surface area contributed by atoms with Gasteiger partial charge in [-0.1, -0.05) is 19.8 Å². The van der Waals surface area contributed by atoms with Crippen molar-refractivity contribution in [2.45, 2.75) is 69.4 Å². The second-order valence-corrected chi connectivity index (χ2v) is 13.1. The average Bonchev–Trinajstić information content (AvgIpc) is 3.00. The third kappa shape index (κ3) is 11.5. The molecule has 1 aliphatic rings. The molecule has 0 aliphatic carbocycles. The first kappa shape index (κ1) is 38.8. The van der Waals surface area contributed by atoms with Crippen molar-refractivity contribution in [1.82, 2.24) is 19.2 Å². The number of benzene rings is 1. The van der Waals surface area contributed by atoms with Crippen molar-refractivity contribution in [3.8, 4) is 17.1 Å². The quantitative estimate of drug-likeness (QED) is 0.0584. The van der Waals surface area contributed by atoms with Crippen molar-refractivity contribution >= 4 is 21.7 Å². The van der Waals surface area contributed by atoms with Gasteiger partial charge in [-0.25, -0.2) is 13.4 Å².